The first-order valence-electron chi connectivity index (χ1n) is 10.8. The predicted octanol–water partition coefficient (Wildman–Crippen LogP) is 7.09. The zero-order chi connectivity index (χ0) is 18.9. The summed E-state index contributed by atoms with van der Waals surface area (Å²) in [5.41, 5.74) is 2.22. The molecule has 2 atom stereocenters. The lowest BCUT2D eigenvalue weighted by Gasteiger charge is -2.48. The molecule has 0 spiro atoms. The van der Waals surface area contributed by atoms with Gasteiger partial charge in [-0.1, -0.05) is 59.3 Å². The topological polar surface area (TPSA) is 29.5 Å². The summed E-state index contributed by atoms with van der Waals surface area (Å²) in [6.45, 7) is 11.3. The minimum Gasteiger partial charge on any atom is -0.508 e. The number of fused-ring (bicyclic) bond motifs is 3. The van der Waals surface area contributed by atoms with Gasteiger partial charge in [-0.2, -0.15) is 0 Å². The molecular weight excluding hydrogens is 320 g/mol. The molecule has 0 aromatic heterocycles. The minimum absolute atomic E-state index is 0.0666. The fraction of sp³-hybridized carbons (Fsp3) is 0.750. The summed E-state index contributed by atoms with van der Waals surface area (Å²) < 4.78 is 6.49. The standard InChI is InChI=1S/C24H38O2/c1-6-7-8-11-14-23(2,3)17-15-20(25)22-18-12-9-10-13-19(18)24(4,5)26-21(22)16-17/h15-16,18-19,25H,6-14H2,1-5H3. The second kappa shape index (κ2) is 7.44. The van der Waals surface area contributed by atoms with Gasteiger partial charge in [0.1, 0.15) is 17.1 Å². The summed E-state index contributed by atoms with van der Waals surface area (Å²) in [4.78, 5) is 0. The fourth-order valence-corrected chi connectivity index (χ4v) is 5.27. The molecule has 2 unspecified atom stereocenters. The predicted molar refractivity (Wildman–Crippen MR) is 109 cm³/mol. The second-order valence-electron chi connectivity index (χ2n) is 9.80. The number of ether oxygens (including phenoxy) is 1. The first-order valence-corrected chi connectivity index (χ1v) is 10.8. The van der Waals surface area contributed by atoms with E-state index in [1.165, 1.54) is 56.9 Å². The van der Waals surface area contributed by atoms with Crippen LogP contribution in [0.3, 0.4) is 0 Å². The average molecular weight is 359 g/mol. The summed E-state index contributed by atoms with van der Waals surface area (Å²) in [5, 5.41) is 10.9. The van der Waals surface area contributed by atoms with Crippen molar-refractivity contribution in [3.8, 4) is 11.5 Å². The molecular formula is C24H38O2. The molecule has 0 saturated heterocycles. The van der Waals surface area contributed by atoms with Crippen molar-refractivity contribution in [1.82, 2.24) is 0 Å². The lowest BCUT2D eigenvalue weighted by atomic mass is 9.66. The van der Waals surface area contributed by atoms with Crippen LogP contribution in [-0.4, -0.2) is 10.7 Å². The maximum Gasteiger partial charge on any atom is 0.127 e. The quantitative estimate of drug-likeness (QED) is 0.550. The maximum atomic E-state index is 10.9. The van der Waals surface area contributed by atoms with Crippen molar-refractivity contribution in [1.29, 1.82) is 0 Å². The molecule has 1 aliphatic carbocycles. The van der Waals surface area contributed by atoms with E-state index < -0.39 is 0 Å². The van der Waals surface area contributed by atoms with Crippen LogP contribution in [0.1, 0.15) is 109 Å². The second-order valence-corrected chi connectivity index (χ2v) is 9.80. The van der Waals surface area contributed by atoms with Crippen molar-refractivity contribution in [3.63, 3.8) is 0 Å². The summed E-state index contributed by atoms with van der Waals surface area (Å²) in [5.74, 6) is 2.37. The fourth-order valence-electron chi connectivity index (χ4n) is 5.27. The van der Waals surface area contributed by atoms with Gasteiger partial charge in [0.2, 0.25) is 0 Å². The number of rotatable bonds is 6. The largest absolute Gasteiger partial charge is 0.508 e. The van der Waals surface area contributed by atoms with Crippen molar-refractivity contribution in [2.24, 2.45) is 5.92 Å². The molecule has 1 N–H and O–H groups in total. The Morgan fingerprint density at radius 2 is 1.85 bits per heavy atom. The lowest BCUT2D eigenvalue weighted by molar-refractivity contribution is -0.00729. The van der Waals surface area contributed by atoms with Crippen LogP contribution in [0.4, 0.5) is 0 Å². The number of benzene rings is 1. The molecule has 1 aromatic rings. The van der Waals surface area contributed by atoms with Crippen LogP contribution in [0.2, 0.25) is 0 Å². The summed E-state index contributed by atoms with van der Waals surface area (Å²) >= 11 is 0. The molecule has 26 heavy (non-hydrogen) atoms. The van der Waals surface area contributed by atoms with E-state index in [2.05, 4.69) is 40.7 Å². The number of phenolic OH excluding ortho intramolecular Hbond substituents is 1. The summed E-state index contributed by atoms with van der Waals surface area (Å²) in [6.07, 6.45) is 11.2. The molecule has 0 amide bonds. The van der Waals surface area contributed by atoms with Gasteiger partial charge in [0, 0.05) is 11.5 Å². The molecule has 1 aromatic carbocycles. The van der Waals surface area contributed by atoms with Crippen LogP contribution in [-0.2, 0) is 5.41 Å². The van der Waals surface area contributed by atoms with Gasteiger partial charge in [0.05, 0.1) is 0 Å². The molecule has 0 bridgehead atoms. The Bertz CT molecular complexity index is 629. The van der Waals surface area contributed by atoms with Crippen LogP contribution < -0.4 is 4.74 Å². The highest BCUT2D eigenvalue weighted by molar-refractivity contribution is 5.53. The Hall–Kier alpha value is -1.18. The van der Waals surface area contributed by atoms with Crippen molar-refractivity contribution < 1.29 is 9.84 Å². The molecule has 1 fully saturated rings. The number of hydrogen-bond acceptors (Lipinski definition) is 2. The Balaban J connectivity index is 1.90. The van der Waals surface area contributed by atoms with Crippen LogP contribution in [0.15, 0.2) is 12.1 Å². The highest BCUT2D eigenvalue weighted by atomic mass is 16.5. The lowest BCUT2D eigenvalue weighted by Crippen LogP contribution is -2.45. The Labute approximate surface area is 160 Å². The molecule has 2 aliphatic rings. The Morgan fingerprint density at radius 3 is 2.58 bits per heavy atom. The van der Waals surface area contributed by atoms with Gasteiger partial charge in [-0.05, 0) is 62.1 Å². The Morgan fingerprint density at radius 1 is 1.12 bits per heavy atom. The van der Waals surface area contributed by atoms with E-state index in [4.69, 9.17) is 4.74 Å². The van der Waals surface area contributed by atoms with E-state index >= 15 is 0 Å². The number of phenols is 1. The average Bonchev–Trinajstić information content (AvgIpc) is 2.58. The first-order chi connectivity index (χ1) is 12.3. The van der Waals surface area contributed by atoms with Crippen molar-refractivity contribution in [2.45, 2.75) is 109 Å². The van der Waals surface area contributed by atoms with E-state index in [0.717, 1.165) is 17.7 Å². The third kappa shape index (κ3) is 3.75. The van der Waals surface area contributed by atoms with E-state index in [9.17, 15) is 5.11 Å². The van der Waals surface area contributed by atoms with Gasteiger partial charge in [-0.15, -0.1) is 0 Å². The number of unbranched alkanes of at least 4 members (excludes halogenated alkanes) is 3. The first kappa shape index (κ1) is 19.6. The highest BCUT2D eigenvalue weighted by Gasteiger charge is 2.46. The van der Waals surface area contributed by atoms with E-state index in [-0.39, 0.29) is 11.0 Å². The third-order valence-corrected chi connectivity index (χ3v) is 6.96. The van der Waals surface area contributed by atoms with Gasteiger partial charge in [-0.3, -0.25) is 0 Å². The zero-order valence-corrected chi connectivity index (χ0v) is 17.5. The monoisotopic (exact) mass is 358 g/mol. The van der Waals surface area contributed by atoms with Gasteiger partial charge >= 0.3 is 0 Å². The summed E-state index contributed by atoms with van der Waals surface area (Å²) in [6, 6.07) is 4.27. The molecule has 1 heterocycles. The highest BCUT2D eigenvalue weighted by Crippen LogP contribution is 2.55. The van der Waals surface area contributed by atoms with Gasteiger partial charge in [-0.25, -0.2) is 0 Å². The van der Waals surface area contributed by atoms with Crippen LogP contribution in [0.25, 0.3) is 0 Å². The van der Waals surface area contributed by atoms with Gasteiger partial charge in [0.15, 0.2) is 0 Å². The molecule has 0 radical (unpaired) electrons. The van der Waals surface area contributed by atoms with Crippen molar-refractivity contribution in [2.75, 3.05) is 0 Å². The summed E-state index contributed by atoms with van der Waals surface area (Å²) in [7, 11) is 0. The molecule has 2 heteroatoms. The van der Waals surface area contributed by atoms with Gasteiger partial charge < -0.3 is 9.84 Å². The smallest absolute Gasteiger partial charge is 0.127 e. The number of aromatic hydroxyl groups is 1. The van der Waals surface area contributed by atoms with Crippen LogP contribution in [0.5, 0.6) is 11.5 Å². The van der Waals surface area contributed by atoms with E-state index in [0.29, 0.717) is 17.6 Å². The van der Waals surface area contributed by atoms with E-state index in [1.807, 2.05) is 6.07 Å². The van der Waals surface area contributed by atoms with Crippen LogP contribution in [0, 0.1) is 5.92 Å². The zero-order valence-electron chi connectivity index (χ0n) is 17.5. The van der Waals surface area contributed by atoms with E-state index in [1.54, 1.807) is 0 Å². The molecule has 146 valence electrons. The molecule has 3 rings (SSSR count). The molecule has 2 nitrogen and oxygen atoms in total. The number of hydrogen-bond donors (Lipinski definition) is 1. The Kier molecular flexibility index (Phi) is 5.61. The minimum atomic E-state index is -0.144. The SMILES string of the molecule is CCCCCCC(C)(C)c1cc(O)c2c(c1)OC(C)(C)C1CCCCC21. The third-order valence-electron chi connectivity index (χ3n) is 6.96. The van der Waals surface area contributed by atoms with Crippen molar-refractivity contribution >= 4 is 0 Å². The maximum absolute atomic E-state index is 10.9. The van der Waals surface area contributed by atoms with Crippen LogP contribution >= 0.6 is 0 Å². The van der Waals surface area contributed by atoms with Gasteiger partial charge in [0.25, 0.3) is 0 Å². The molecule has 1 saturated carbocycles. The molecule has 1 aliphatic heterocycles. The van der Waals surface area contributed by atoms with Crippen molar-refractivity contribution in [3.05, 3.63) is 23.3 Å². The normalized spacial score (nSPS) is 24.5.